The average Bonchev–Trinajstić information content (AvgIpc) is 2.87. The molecule has 0 radical (unpaired) electrons. The van der Waals surface area contributed by atoms with Crippen molar-refractivity contribution in [1.29, 1.82) is 0 Å². The van der Waals surface area contributed by atoms with E-state index in [1.165, 1.54) is 0 Å². The Balaban J connectivity index is 1.94. The SMILES string of the molecule is C=C1OC(=O)OC1(C)c1ccc(C2(C)OC(=O)OC2=C)cc1. The van der Waals surface area contributed by atoms with Crippen LogP contribution in [0.1, 0.15) is 25.0 Å². The number of carbonyl (C=O) groups is 2. The Kier molecular flexibility index (Phi) is 2.82. The molecule has 6 nitrogen and oxygen atoms in total. The summed E-state index contributed by atoms with van der Waals surface area (Å²) in [6.45, 7) is 10.8. The number of benzene rings is 1. The molecule has 2 unspecified atom stereocenters. The molecule has 0 aromatic heterocycles. The summed E-state index contributed by atoms with van der Waals surface area (Å²) < 4.78 is 20.1. The first-order valence-electron chi connectivity index (χ1n) is 6.57. The van der Waals surface area contributed by atoms with Crippen LogP contribution in [0.4, 0.5) is 9.59 Å². The van der Waals surface area contributed by atoms with Crippen LogP contribution in [0.5, 0.6) is 0 Å². The van der Waals surface area contributed by atoms with Crippen LogP contribution in [0.15, 0.2) is 48.9 Å². The molecule has 2 saturated heterocycles. The number of carbonyl (C=O) groups excluding carboxylic acids is 2. The first-order chi connectivity index (χ1) is 10.3. The highest BCUT2D eigenvalue weighted by Gasteiger charge is 2.46. The second-order valence-electron chi connectivity index (χ2n) is 5.40. The number of cyclic esters (lactones) is 4. The van der Waals surface area contributed by atoms with Crippen LogP contribution in [-0.4, -0.2) is 12.3 Å². The van der Waals surface area contributed by atoms with Gasteiger partial charge in [-0.15, -0.1) is 0 Å². The Bertz CT molecular complexity index is 643. The van der Waals surface area contributed by atoms with Gasteiger partial charge in [0.1, 0.15) is 0 Å². The van der Waals surface area contributed by atoms with E-state index in [0.717, 1.165) is 0 Å². The molecule has 2 aliphatic rings. The lowest BCUT2D eigenvalue weighted by Gasteiger charge is -2.24. The maximum Gasteiger partial charge on any atom is 0.515 e. The summed E-state index contributed by atoms with van der Waals surface area (Å²) in [5, 5.41) is 0. The second-order valence-corrected chi connectivity index (χ2v) is 5.40. The summed E-state index contributed by atoms with van der Waals surface area (Å²) in [6.07, 6.45) is -1.56. The third kappa shape index (κ3) is 1.88. The van der Waals surface area contributed by atoms with Gasteiger partial charge in [-0.1, -0.05) is 37.4 Å². The Morgan fingerprint density at radius 3 is 1.32 bits per heavy atom. The van der Waals surface area contributed by atoms with Gasteiger partial charge in [-0.05, 0) is 13.8 Å². The predicted octanol–water partition coefficient (Wildman–Crippen LogP) is 3.48. The van der Waals surface area contributed by atoms with Crippen LogP contribution < -0.4 is 0 Å². The quantitative estimate of drug-likeness (QED) is 0.779. The highest BCUT2D eigenvalue weighted by molar-refractivity contribution is 5.68. The van der Waals surface area contributed by atoms with Crippen LogP contribution in [0.3, 0.4) is 0 Å². The summed E-state index contributed by atoms with van der Waals surface area (Å²) in [7, 11) is 0. The zero-order valence-electron chi connectivity index (χ0n) is 12.2. The van der Waals surface area contributed by atoms with Gasteiger partial charge in [0.05, 0.1) is 0 Å². The predicted molar refractivity (Wildman–Crippen MR) is 74.6 cm³/mol. The van der Waals surface area contributed by atoms with E-state index in [1.807, 2.05) is 0 Å². The van der Waals surface area contributed by atoms with Gasteiger partial charge < -0.3 is 18.9 Å². The molecule has 0 N–H and O–H groups in total. The number of rotatable bonds is 2. The van der Waals surface area contributed by atoms with Crippen molar-refractivity contribution in [2.24, 2.45) is 0 Å². The molecule has 2 heterocycles. The van der Waals surface area contributed by atoms with Gasteiger partial charge in [0.2, 0.25) is 0 Å². The van der Waals surface area contributed by atoms with Gasteiger partial charge in [-0.3, -0.25) is 0 Å². The Hall–Kier alpha value is -2.76. The molecule has 0 bridgehead atoms. The van der Waals surface area contributed by atoms with Crippen LogP contribution in [0, 0.1) is 0 Å². The smallest absolute Gasteiger partial charge is 0.415 e. The fraction of sp³-hybridized carbons (Fsp3) is 0.250. The minimum Gasteiger partial charge on any atom is -0.415 e. The van der Waals surface area contributed by atoms with Gasteiger partial charge in [0, 0.05) is 11.1 Å². The minimum atomic E-state index is -1.05. The van der Waals surface area contributed by atoms with E-state index >= 15 is 0 Å². The summed E-state index contributed by atoms with van der Waals surface area (Å²) in [4.78, 5) is 22.5. The van der Waals surface area contributed by atoms with Crippen molar-refractivity contribution in [2.45, 2.75) is 25.0 Å². The van der Waals surface area contributed by atoms with Crippen molar-refractivity contribution in [3.8, 4) is 0 Å². The van der Waals surface area contributed by atoms with Crippen molar-refractivity contribution in [3.63, 3.8) is 0 Å². The van der Waals surface area contributed by atoms with Crippen molar-refractivity contribution in [1.82, 2.24) is 0 Å². The lowest BCUT2D eigenvalue weighted by atomic mass is 9.89. The van der Waals surface area contributed by atoms with Crippen LogP contribution >= 0.6 is 0 Å². The van der Waals surface area contributed by atoms with Gasteiger partial charge >= 0.3 is 12.3 Å². The summed E-state index contributed by atoms with van der Waals surface area (Å²) in [5.41, 5.74) is -0.717. The average molecular weight is 302 g/mol. The van der Waals surface area contributed by atoms with E-state index in [2.05, 4.69) is 13.2 Å². The molecule has 0 saturated carbocycles. The third-order valence-corrected chi connectivity index (χ3v) is 4.04. The minimum absolute atomic E-state index is 0.219. The lowest BCUT2D eigenvalue weighted by molar-refractivity contribution is 0.0727. The van der Waals surface area contributed by atoms with E-state index in [4.69, 9.17) is 18.9 Å². The molecule has 22 heavy (non-hydrogen) atoms. The highest BCUT2D eigenvalue weighted by atomic mass is 16.8. The Morgan fingerprint density at radius 1 is 0.773 bits per heavy atom. The van der Waals surface area contributed by atoms with Gasteiger partial charge in [-0.2, -0.15) is 0 Å². The molecule has 2 fully saturated rings. The molecule has 1 aromatic carbocycles. The Labute approximate surface area is 126 Å². The highest BCUT2D eigenvalue weighted by Crippen LogP contribution is 2.42. The number of hydrogen-bond donors (Lipinski definition) is 0. The zero-order valence-corrected chi connectivity index (χ0v) is 12.2. The standard InChI is InChI=1S/C16H14O6/c1-9-15(3,21-13(17)19-9)11-5-7-12(8-6-11)16(4)10(2)20-14(18)22-16/h5-8H,1-2H2,3-4H3. The molecular formula is C16H14O6. The van der Waals surface area contributed by atoms with Gasteiger partial charge in [0.25, 0.3) is 0 Å². The topological polar surface area (TPSA) is 71.1 Å². The normalized spacial score (nSPS) is 30.6. The first kappa shape index (κ1) is 14.2. The fourth-order valence-corrected chi connectivity index (χ4v) is 2.43. The van der Waals surface area contributed by atoms with Crippen molar-refractivity contribution in [3.05, 3.63) is 60.1 Å². The summed E-state index contributed by atoms with van der Waals surface area (Å²) >= 11 is 0. The maximum absolute atomic E-state index is 11.3. The van der Waals surface area contributed by atoms with Crippen LogP contribution in [0.2, 0.25) is 0 Å². The molecule has 2 atom stereocenters. The molecule has 114 valence electrons. The third-order valence-electron chi connectivity index (χ3n) is 4.04. The van der Waals surface area contributed by atoms with E-state index < -0.39 is 23.5 Å². The molecule has 3 rings (SSSR count). The van der Waals surface area contributed by atoms with E-state index in [9.17, 15) is 9.59 Å². The zero-order chi connectivity index (χ0) is 16.1. The van der Waals surface area contributed by atoms with Crippen molar-refractivity contribution in [2.75, 3.05) is 0 Å². The fourth-order valence-electron chi connectivity index (χ4n) is 2.43. The molecule has 0 amide bonds. The molecule has 0 spiro atoms. The van der Waals surface area contributed by atoms with Crippen LogP contribution in [0.25, 0.3) is 0 Å². The summed E-state index contributed by atoms with van der Waals surface area (Å²) in [5.74, 6) is 0.438. The molecule has 6 heteroatoms. The Morgan fingerprint density at radius 2 is 1.09 bits per heavy atom. The molecule has 2 aliphatic heterocycles. The lowest BCUT2D eigenvalue weighted by Crippen LogP contribution is -2.25. The van der Waals surface area contributed by atoms with E-state index in [0.29, 0.717) is 11.1 Å². The monoisotopic (exact) mass is 302 g/mol. The van der Waals surface area contributed by atoms with E-state index in [1.54, 1.807) is 38.1 Å². The first-order valence-corrected chi connectivity index (χ1v) is 6.57. The van der Waals surface area contributed by atoms with Gasteiger partial charge in [0.15, 0.2) is 22.7 Å². The number of ether oxygens (including phenoxy) is 4. The maximum atomic E-state index is 11.3. The summed E-state index contributed by atoms with van der Waals surface area (Å²) in [6, 6.07) is 6.97. The molecule has 1 aromatic rings. The van der Waals surface area contributed by atoms with E-state index in [-0.39, 0.29) is 11.5 Å². The number of hydrogen-bond acceptors (Lipinski definition) is 6. The molecular weight excluding hydrogens is 288 g/mol. The van der Waals surface area contributed by atoms with Crippen molar-refractivity contribution >= 4 is 12.3 Å². The van der Waals surface area contributed by atoms with Gasteiger partial charge in [-0.25, -0.2) is 9.59 Å². The van der Waals surface area contributed by atoms with Crippen LogP contribution in [-0.2, 0) is 30.1 Å². The largest absolute Gasteiger partial charge is 0.515 e. The van der Waals surface area contributed by atoms with Crippen molar-refractivity contribution < 1.29 is 28.5 Å². The second kappa shape index (κ2) is 4.37. The molecule has 0 aliphatic carbocycles.